The molecular formula is C22H23Cl2NO6S. The molecule has 10 heteroatoms. The second-order valence-corrected chi connectivity index (χ2v) is 10.4. The summed E-state index contributed by atoms with van der Waals surface area (Å²) in [6, 6.07) is 12.4. The number of rotatable bonds is 9. The Kier molecular flexibility index (Phi) is 8.53. The first kappa shape index (κ1) is 24.5. The molecule has 172 valence electrons. The van der Waals surface area contributed by atoms with Crippen LogP contribution in [0.3, 0.4) is 0 Å². The van der Waals surface area contributed by atoms with Crippen LogP contribution in [0.1, 0.15) is 27.1 Å². The van der Waals surface area contributed by atoms with Crippen molar-refractivity contribution in [1.29, 1.82) is 0 Å². The number of carbonyl (C=O) groups is 2. The topological polar surface area (TPSA) is 90.0 Å². The summed E-state index contributed by atoms with van der Waals surface area (Å²) in [4.78, 5) is 26.5. The molecule has 2 aromatic rings. The number of benzene rings is 2. The van der Waals surface area contributed by atoms with E-state index in [1.807, 2.05) is 0 Å². The maximum Gasteiger partial charge on any atom is 0.338 e. The standard InChI is InChI=1S/C22H23Cl2NO6S/c23-18-5-1-16(2-6-18)21(26)25(20-9-14-32(28,29)15-20)10-11-30-12-13-31-22(27)17-3-7-19(24)8-4-17/h1-8,20H,9-15H2. The summed E-state index contributed by atoms with van der Waals surface area (Å²) >= 11 is 11.7. The van der Waals surface area contributed by atoms with Gasteiger partial charge in [-0.3, -0.25) is 4.79 Å². The number of esters is 1. The third kappa shape index (κ3) is 6.93. The summed E-state index contributed by atoms with van der Waals surface area (Å²) in [6.45, 7) is 0.580. The summed E-state index contributed by atoms with van der Waals surface area (Å²) in [5, 5.41) is 1.03. The largest absolute Gasteiger partial charge is 0.460 e. The Hall–Kier alpha value is -2.13. The van der Waals surface area contributed by atoms with Gasteiger partial charge in [0, 0.05) is 28.2 Å². The molecule has 1 aliphatic rings. The molecule has 0 spiro atoms. The molecule has 1 unspecified atom stereocenters. The third-order valence-electron chi connectivity index (χ3n) is 5.02. The SMILES string of the molecule is O=C(OCCOCCN(C(=O)c1ccc(Cl)cc1)C1CCS(=O)(=O)C1)c1ccc(Cl)cc1. The lowest BCUT2D eigenvalue weighted by Gasteiger charge is -2.28. The first-order valence-electron chi connectivity index (χ1n) is 10.0. The predicted molar refractivity (Wildman–Crippen MR) is 122 cm³/mol. The van der Waals surface area contributed by atoms with Gasteiger partial charge in [-0.1, -0.05) is 23.2 Å². The minimum absolute atomic E-state index is 0.0460. The van der Waals surface area contributed by atoms with E-state index in [-0.39, 0.29) is 43.8 Å². The zero-order chi connectivity index (χ0) is 23.1. The molecule has 1 amide bonds. The van der Waals surface area contributed by atoms with Crippen molar-refractivity contribution in [2.75, 3.05) is 37.9 Å². The monoisotopic (exact) mass is 499 g/mol. The van der Waals surface area contributed by atoms with Crippen LogP contribution in [0.2, 0.25) is 10.0 Å². The first-order chi connectivity index (χ1) is 15.2. The molecule has 0 radical (unpaired) electrons. The molecule has 1 aliphatic heterocycles. The number of amides is 1. The van der Waals surface area contributed by atoms with Crippen LogP contribution >= 0.6 is 23.2 Å². The van der Waals surface area contributed by atoms with E-state index in [0.717, 1.165) is 0 Å². The van der Waals surface area contributed by atoms with Crippen molar-refractivity contribution in [3.05, 3.63) is 69.7 Å². The van der Waals surface area contributed by atoms with E-state index in [0.29, 0.717) is 27.6 Å². The molecule has 1 fully saturated rings. The minimum atomic E-state index is -3.16. The first-order valence-corrected chi connectivity index (χ1v) is 12.6. The molecular weight excluding hydrogens is 477 g/mol. The molecule has 2 aromatic carbocycles. The van der Waals surface area contributed by atoms with E-state index in [4.69, 9.17) is 32.7 Å². The van der Waals surface area contributed by atoms with Crippen molar-refractivity contribution in [3.63, 3.8) is 0 Å². The molecule has 1 heterocycles. The Morgan fingerprint density at radius 3 is 2.06 bits per heavy atom. The molecule has 0 saturated carbocycles. The molecule has 7 nitrogen and oxygen atoms in total. The lowest BCUT2D eigenvalue weighted by Crippen LogP contribution is -2.43. The van der Waals surface area contributed by atoms with Crippen molar-refractivity contribution in [2.24, 2.45) is 0 Å². The van der Waals surface area contributed by atoms with E-state index in [9.17, 15) is 18.0 Å². The van der Waals surface area contributed by atoms with Gasteiger partial charge in [0.25, 0.3) is 5.91 Å². The Morgan fingerprint density at radius 1 is 0.906 bits per heavy atom. The summed E-state index contributed by atoms with van der Waals surface area (Å²) in [6.07, 6.45) is 0.389. The lowest BCUT2D eigenvalue weighted by atomic mass is 10.1. The van der Waals surface area contributed by atoms with Gasteiger partial charge in [-0.15, -0.1) is 0 Å². The van der Waals surface area contributed by atoms with Crippen LogP contribution in [0.15, 0.2) is 48.5 Å². The van der Waals surface area contributed by atoms with Gasteiger partial charge in [0.05, 0.1) is 30.3 Å². The van der Waals surface area contributed by atoms with Crippen molar-refractivity contribution >= 4 is 44.9 Å². The maximum absolute atomic E-state index is 13.0. The highest BCUT2D eigenvalue weighted by Gasteiger charge is 2.34. The van der Waals surface area contributed by atoms with E-state index >= 15 is 0 Å². The van der Waals surface area contributed by atoms with Crippen molar-refractivity contribution in [2.45, 2.75) is 12.5 Å². The Bertz CT molecular complexity index is 1040. The van der Waals surface area contributed by atoms with Gasteiger partial charge in [-0.2, -0.15) is 0 Å². The Morgan fingerprint density at radius 2 is 1.50 bits per heavy atom. The Balaban J connectivity index is 1.50. The van der Waals surface area contributed by atoms with Crippen LogP contribution in [-0.2, 0) is 19.3 Å². The van der Waals surface area contributed by atoms with E-state index < -0.39 is 21.8 Å². The van der Waals surface area contributed by atoms with Crippen LogP contribution in [0.25, 0.3) is 0 Å². The van der Waals surface area contributed by atoms with Crippen molar-refractivity contribution < 1.29 is 27.5 Å². The second kappa shape index (κ2) is 11.1. The molecule has 1 atom stereocenters. The minimum Gasteiger partial charge on any atom is -0.460 e. The smallest absolute Gasteiger partial charge is 0.338 e. The fraction of sp³-hybridized carbons (Fsp3) is 0.364. The molecule has 1 saturated heterocycles. The summed E-state index contributed by atoms with van der Waals surface area (Å²) in [5.41, 5.74) is 0.812. The normalized spacial score (nSPS) is 17.1. The molecule has 0 N–H and O–H groups in total. The van der Waals surface area contributed by atoms with Gasteiger partial charge >= 0.3 is 5.97 Å². The van der Waals surface area contributed by atoms with E-state index in [2.05, 4.69) is 0 Å². The number of nitrogens with zero attached hydrogens (tertiary/aromatic N) is 1. The molecule has 32 heavy (non-hydrogen) atoms. The highest BCUT2D eigenvalue weighted by atomic mass is 35.5. The maximum atomic E-state index is 13.0. The number of ether oxygens (including phenoxy) is 2. The van der Waals surface area contributed by atoms with Gasteiger partial charge in [0.2, 0.25) is 0 Å². The van der Waals surface area contributed by atoms with Gasteiger partial charge < -0.3 is 14.4 Å². The van der Waals surface area contributed by atoms with E-state index in [1.165, 1.54) is 4.90 Å². The zero-order valence-electron chi connectivity index (χ0n) is 17.2. The fourth-order valence-electron chi connectivity index (χ4n) is 3.36. The summed E-state index contributed by atoms with van der Waals surface area (Å²) < 4.78 is 34.5. The van der Waals surface area contributed by atoms with Crippen LogP contribution in [0.5, 0.6) is 0 Å². The van der Waals surface area contributed by atoms with Crippen LogP contribution in [0, 0.1) is 0 Å². The number of sulfone groups is 1. The van der Waals surface area contributed by atoms with Crippen molar-refractivity contribution in [1.82, 2.24) is 4.90 Å². The van der Waals surface area contributed by atoms with E-state index in [1.54, 1.807) is 48.5 Å². The van der Waals surface area contributed by atoms with Crippen LogP contribution in [-0.4, -0.2) is 69.1 Å². The van der Waals surface area contributed by atoms with Gasteiger partial charge in [0.1, 0.15) is 6.61 Å². The highest BCUT2D eigenvalue weighted by Crippen LogP contribution is 2.21. The van der Waals surface area contributed by atoms with Crippen LogP contribution in [0.4, 0.5) is 0 Å². The highest BCUT2D eigenvalue weighted by molar-refractivity contribution is 7.91. The molecule has 0 aromatic heterocycles. The lowest BCUT2D eigenvalue weighted by molar-refractivity contribution is 0.0261. The zero-order valence-corrected chi connectivity index (χ0v) is 19.5. The summed E-state index contributed by atoms with van der Waals surface area (Å²) in [5.74, 6) is -0.767. The predicted octanol–water partition coefficient (Wildman–Crippen LogP) is 3.50. The number of carbonyl (C=O) groups excluding carboxylic acids is 2. The quantitative estimate of drug-likeness (QED) is 0.387. The molecule has 3 rings (SSSR count). The fourth-order valence-corrected chi connectivity index (χ4v) is 5.34. The third-order valence-corrected chi connectivity index (χ3v) is 7.27. The average Bonchev–Trinajstić information content (AvgIpc) is 3.13. The van der Waals surface area contributed by atoms with Crippen molar-refractivity contribution in [3.8, 4) is 0 Å². The molecule has 0 bridgehead atoms. The molecule has 0 aliphatic carbocycles. The van der Waals surface area contributed by atoms with Gasteiger partial charge in [-0.25, -0.2) is 13.2 Å². The van der Waals surface area contributed by atoms with Crippen LogP contribution < -0.4 is 0 Å². The number of hydrogen-bond donors (Lipinski definition) is 0. The number of halogens is 2. The summed E-state index contributed by atoms with van der Waals surface area (Å²) in [7, 11) is -3.16. The van der Waals surface area contributed by atoms with Gasteiger partial charge in [-0.05, 0) is 55.0 Å². The number of hydrogen-bond acceptors (Lipinski definition) is 6. The van der Waals surface area contributed by atoms with Gasteiger partial charge in [0.15, 0.2) is 9.84 Å². The Labute approximate surface area is 197 Å². The second-order valence-electron chi connectivity index (χ2n) is 7.32. The average molecular weight is 500 g/mol.